The summed E-state index contributed by atoms with van der Waals surface area (Å²) in [5.41, 5.74) is 0. The van der Waals surface area contributed by atoms with Gasteiger partial charge in [0.15, 0.2) is 0 Å². The fourth-order valence-electron chi connectivity index (χ4n) is 2.42. The minimum Gasteiger partial charge on any atom is -0.139 e. The Bertz CT molecular complexity index is 720. The highest BCUT2D eigenvalue weighted by Crippen LogP contribution is 2.40. The molecule has 0 aromatic carbocycles. The Morgan fingerprint density at radius 1 is 0.727 bits per heavy atom. The first-order chi connectivity index (χ1) is 10.8. The molecule has 0 bridgehead atoms. The number of thiophene rings is 3. The van der Waals surface area contributed by atoms with E-state index in [2.05, 4.69) is 65.9 Å². The monoisotopic (exact) mass is 458 g/mol. The standard InChI is InChI=1S/C18H19IS3/c1-2-3-4-5-6-13-7-8-14(20-13)15-9-10-16(21-15)17-11-12-18(19)22-17/h7-12H,2-6H2,1H3. The molecule has 0 N–H and O–H groups in total. The SMILES string of the molecule is CCCCCCc1ccc(-c2ccc(-c3ccc(I)s3)s2)s1. The van der Waals surface area contributed by atoms with Crippen LogP contribution in [0.4, 0.5) is 0 Å². The van der Waals surface area contributed by atoms with E-state index >= 15 is 0 Å². The highest BCUT2D eigenvalue weighted by atomic mass is 127. The Hall–Kier alpha value is -0.170. The molecule has 3 aromatic heterocycles. The average molecular weight is 458 g/mol. The van der Waals surface area contributed by atoms with Gasteiger partial charge in [-0.1, -0.05) is 26.2 Å². The Morgan fingerprint density at radius 3 is 2.05 bits per heavy atom. The maximum atomic E-state index is 2.39. The van der Waals surface area contributed by atoms with Crippen LogP contribution in [0, 0.1) is 2.88 Å². The molecule has 0 atom stereocenters. The molecule has 3 aromatic rings. The van der Waals surface area contributed by atoms with Crippen LogP contribution in [-0.4, -0.2) is 0 Å². The lowest BCUT2D eigenvalue weighted by Gasteiger charge is -1.96. The van der Waals surface area contributed by atoms with Crippen LogP contribution >= 0.6 is 56.6 Å². The van der Waals surface area contributed by atoms with Crippen molar-refractivity contribution in [3.8, 4) is 19.5 Å². The van der Waals surface area contributed by atoms with Gasteiger partial charge in [-0.15, -0.1) is 34.0 Å². The largest absolute Gasteiger partial charge is 0.139 e. The van der Waals surface area contributed by atoms with Crippen LogP contribution < -0.4 is 0 Å². The molecule has 0 aliphatic heterocycles. The molecule has 3 heterocycles. The molecule has 0 amide bonds. The normalized spacial score (nSPS) is 11.2. The van der Waals surface area contributed by atoms with Crippen LogP contribution in [0.25, 0.3) is 19.5 Å². The highest BCUT2D eigenvalue weighted by Gasteiger charge is 2.09. The van der Waals surface area contributed by atoms with Gasteiger partial charge in [0.1, 0.15) is 0 Å². The van der Waals surface area contributed by atoms with Crippen LogP contribution in [0.5, 0.6) is 0 Å². The smallest absolute Gasteiger partial charge is 0.0660 e. The Balaban J connectivity index is 1.67. The second-order valence-electron chi connectivity index (χ2n) is 5.34. The van der Waals surface area contributed by atoms with E-state index in [-0.39, 0.29) is 0 Å². The van der Waals surface area contributed by atoms with Gasteiger partial charge >= 0.3 is 0 Å². The molecule has 0 saturated heterocycles. The van der Waals surface area contributed by atoms with Crippen LogP contribution in [0.2, 0.25) is 0 Å². The van der Waals surface area contributed by atoms with Crippen molar-refractivity contribution < 1.29 is 0 Å². The Labute approximate surface area is 158 Å². The molecule has 3 rings (SSSR count). The van der Waals surface area contributed by atoms with E-state index in [0.29, 0.717) is 0 Å². The zero-order valence-electron chi connectivity index (χ0n) is 12.6. The van der Waals surface area contributed by atoms with Crippen molar-refractivity contribution in [3.05, 3.63) is 44.2 Å². The molecule has 0 fully saturated rings. The molecular weight excluding hydrogens is 439 g/mol. The predicted molar refractivity (Wildman–Crippen MR) is 112 cm³/mol. The molecule has 0 aliphatic carbocycles. The van der Waals surface area contributed by atoms with Crippen LogP contribution in [-0.2, 0) is 6.42 Å². The number of halogens is 1. The van der Waals surface area contributed by atoms with E-state index in [1.807, 2.05) is 34.0 Å². The van der Waals surface area contributed by atoms with Gasteiger partial charge in [0.05, 0.1) is 2.88 Å². The molecular formula is C18H19IS3. The number of unbranched alkanes of at least 4 members (excludes halogenated alkanes) is 3. The molecule has 4 heteroatoms. The third-order valence-electron chi connectivity index (χ3n) is 3.60. The third-order valence-corrected chi connectivity index (χ3v) is 8.12. The van der Waals surface area contributed by atoms with Gasteiger partial charge in [0, 0.05) is 24.4 Å². The molecule has 0 spiro atoms. The second-order valence-corrected chi connectivity index (χ2v) is 10.6. The summed E-state index contributed by atoms with van der Waals surface area (Å²) in [6, 6.07) is 13.6. The lowest BCUT2D eigenvalue weighted by Crippen LogP contribution is -1.80. The van der Waals surface area contributed by atoms with Gasteiger partial charge in [0.25, 0.3) is 0 Å². The van der Waals surface area contributed by atoms with Crippen molar-refractivity contribution in [2.75, 3.05) is 0 Å². The van der Waals surface area contributed by atoms with Crippen molar-refractivity contribution in [2.24, 2.45) is 0 Å². The minimum atomic E-state index is 1.24. The van der Waals surface area contributed by atoms with Crippen molar-refractivity contribution in [1.82, 2.24) is 0 Å². The summed E-state index contributed by atoms with van der Waals surface area (Å²) in [4.78, 5) is 7.14. The van der Waals surface area contributed by atoms with Crippen LogP contribution in [0.15, 0.2) is 36.4 Å². The first kappa shape index (κ1) is 16.7. The van der Waals surface area contributed by atoms with Crippen molar-refractivity contribution in [1.29, 1.82) is 0 Å². The van der Waals surface area contributed by atoms with Crippen molar-refractivity contribution in [3.63, 3.8) is 0 Å². The zero-order valence-corrected chi connectivity index (χ0v) is 17.2. The Morgan fingerprint density at radius 2 is 1.36 bits per heavy atom. The van der Waals surface area contributed by atoms with E-state index in [4.69, 9.17) is 0 Å². The summed E-state index contributed by atoms with van der Waals surface area (Å²) < 4.78 is 1.35. The summed E-state index contributed by atoms with van der Waals surface area (Å²) in [5, 5.41) is 0. The number of hydrogen-bond acceptors (Lipinski definition) is 3. The van der Waals surface area contributed by atoms with Gasteiger partial charge in [-0.25, -0.2) is 0 Å². The number of hydrogen-bond donors (Lipinski definition) is 0. The van der Waals surface area contributed by atoms with Crippen molar-refractivity contribution in [2.45, 2.75) is 39.0 Å². The molecule has 0 nitrogen and oxygen atoms in total. The average Bonchev–Trinajstić information content (AvgIpc) is 3.23. The second kappa shape index (κ2) is 8.08. The van der Waals surface area contributed by atoms with E-state index in [0.717, 1.165) is 0 Å². The fourth-order valence-corrected chi connectivity index (χ4v) is 6.28. The summed E-state index contributed by atoms with van der Waals surface area (Å²) in [7, 11) is 0. The first-order valence-corrected chi connectivity index (χ1v) is 11.2. The predicted octanol–water partition coefficient (Wildman–Crippen LogP) is 7.93. The molecule has 22 heavy (non-hydrogen) atoms. The maximum Gasteiger partial charge on any atom is 0.0660 e. The topological polar surface area (TPSA) is 0 Å². The van der Waals surface area contributed by atoms with E-state index in [1.54, 1.807) is 0 Å². The van der Waals surface area contributed by atoms with E-state index in [9.17, 15) is 0 Å². The molecule has 0 saturated carbocycles. The fraction of sp³-hybridized carbons (Fsp3) is 0.333. The molecule has 0 unspecified atom stereocenters. The first-order valence-electron chi connectivity index (χ1n) is 7.71. The quantitative estimate of drug-likeness (QED) is 0.249. The van der Waals surface area contributed by atoms with Crippen molar-refractivity contribution >= 4 is 56.6 Å². The molecule has 116 valence electrons. The zero-order chi connectivity index (χ0) is 15.4. The lowest BCUT2D eigenvalue weighted by molar-refractivity contribution is 0.670. The number of rotatable bonds is 7. The van der Waals surface area contributed by atoms with Gasteiger partial charge in [-0.2, -0.15) is 0 Å². The maximum absolute atomic E-state index is 2.39. The highest BCUT2D eigenvalue weighted by molar-refractivity contribution is 14.1. The van der Waals surface area contributed by atoms with Crippen LogP contribution in [0.1, 0.15) is 37.5 Å². The summed E-state index contributed by atoms with van der Waals surface area (Å²) in [5.74, 6) is 0. The summed E-state index contributed by atoms with van der Waals surface area (Å²) in [6.07, 6.45) is 6.62. The van der Waals surface area contributed by atoms with Crippen LogP contribution in [0.3, 0.4) is 0 Å². The lowest BCUT2D eigenvalue weighted by atomic mass is 10.1. The van der Waals surface area contributed by atoms with Gasteiger partial charge in [0.2, 0.25) is 0 Å². The number of aryl methyl sites for hydroxylation is 1. The van der Waals surface area contributed by atoms with Gasteiger partial charge < -0.3 is 0 Å². The van der Waals surface area contributed by atoms with Gasteiger partial charge in [-0.3, -0.25) is 0 Å². The summed E-state index contributed by atoms with van der Waals surface area (Å²) >= 11 is 8.15. The summed E-state index contributed by atoms with van der Waals surface area (Å²) in [6.45, 7) is 2.27. The minimum absolute atomic E-state index is 1.24. The molecule has 0 radical (unpaired) electrons. The third kappa shape index (κ3) is 4.22. The Kier molecular flexibility index (Phi) is 6.13. The molecule has 0 aliphatic rings. The van der Waals surface area contributed by atoms with Gasteiger partial charge in [-0.05, 0) is 71.8 Å². The van der Waals surface area contributed by atoms with E-state index < -0.39 is 0 Å². The van der Waals surface area contributed by atoms with E-state index in [1.165, 1.54) is 59.4 Å².